The van der Waals surface area contributed by atoms with Crippen LogP contribution in [0.5, 0.6) is 23.0 Å². The van der Waals surface area contributed by atoms with Crippen molar-refractivity contribution in [2.45, 2.75) is 285 Å². The van der Waals surface area contributed by atoms with Gasteiger partial charge in [-0.1, -0.05) is 441 Å². The van der Waals surface area contributed by atoms with Gasteiger partial charge >= 0.3 is 0 Å². The van der Waals surface area contributed by atoms with E-state index in [1.807, 2.05) is 48.5 Å². The van der Waals surface area contributed by atoms with E-state index in [-0.39, 0.29) is 0 Å². The first-order chi connectivity index (χ1) is 66.1. The minimum absolute atomic E-state index is 0.625. The average Bonchev–Trinajstić information content (AvgIpc) is 0.841. The van der Waals surface area contributed by atoms with Crippen LogP contribution in [0.3, 0.4) is 0 Å². The maximum Gasteiger partial charge on any atom is 0.119 e. The summed E-state index contributed by atoms with van der Waals surface area (Å²) in [7, 11) is 0. The number of benzene rings is 10. The summed E-state index contributed by atoms with van der Waals surface area (Å²) in [6, 6.07) is 81.0. The highest BCUT2D eigenvalue weighted by atomic mass is 16.5. The third-order valence-electron chi connectivity index (χ3n) is 24.9. The molecule has 0 aliphatic heterocycles. The Balaban J connectivity index is 0.950. The van der Waals surface area contributed by atoms with Crippen LogP contribution in [0.25, 0.3) is 109 Å². The van der Waals surface area contributed by atoms with Gasteiger partial charge in [0, 0.05) is 0 Å². The predicted octanol–water partition coefficient (Wildman–Crippen LogP) is 38.2. The van der Waals surface area contributed by atoms with Crippen LogP contribution in [0.4, 0.5) is 0 Å². The molecule has 0 aromatic heterocycles. The summed E-state index contributed by atoms with van der Waals surface area (Å²) in [6.45, 7) is 12.1. The van der Waals surface area contributed by atoms with Gasteiger partial charge in [0.25, 0.3) is 0 Å². The highest BCUT2D eigenvalue weighted by molar-refractivity contribution is 5.85. The molecule has 0 radical (unpaired) electrons. The van der Waals surface area contributed by atoms with Crippen molar-refractivity contribution >= 4 is 109 Å². The average molecular weight is 1780 g/mol. The minimum Gasteiger partial charge on any atom is -0.494 e. The number of nitrogens with zero attached hydrogens (tertiary/aromatic N) is 2. The SMILES string of the molecule is CCCCCCCCCCCCOc1ccc(/C=C/c2cc(/C=C/c3ccc(OCCCCCCCCCCCC)cc3)cc(/C=C/c3cc(/C=C/c4cc(/C=C/c5ccc(C#N)cc5)cc(/C=C/c5ccc(C#N)cc5)c4)cc(/C=C/c4cc(/C=C/c5ccc(OCCCCCCCCCCCC)cc5)cc(/C=C/c5ccc(OCCCCCCCCCCCC)cc5)c4)c3)c2)cc1. The molecule has 0 spiro atoms. The van der Waals surface area contributed by atoms with Crippen molar-refractivity contribution in [2.75, 3.05) is 26.4 Å². The quantitative estimate of drug-likeness (QED) is 0.0279. The molecule has 0 aliphatic rings. The highest BCUT2D eigenvalue weighted by Crippen LogP contribution is 2.29. The molecule has 700 valence electrons. The van der Waals surface area contributed by atoms with Crippen LogP contribution < -0.4 is 18.9 Å². The van der Waals surface area contributed by atoms with Crippen LogP contribution in [0.2, 0.25) is 0 Å². The predicted molar refractivity (Wildman–Crippen MR) is 584 cm³/mol. The van der Waals surface area contributed by atoms with Gasteiger partial charge in [-0.25, -0.2) is 0 Å². The van der Waals surface area contributed by atoms with Crippen LogP contribution in [-0.2, 0) is 0 Å². The van der Waals surface area contributed by atoms with Crippen LogP contribution >= 0.6 is 0 Å². The van der Waals surface area contributed by atoms with Crippen LogP contribution in [-0.4, -0.2) is 26.4 Å². The van der Waals surface area contributed by atoms with E-state index < -0.39 is 0 Å². The Labute approximate surface area is 809 Å². The number of unbranched alkanes of at least 4 members (excludes halogenated alkanes) is 36. The van der Waals surface area contributed by atoms with Crippen LogP contribution in [0, 0.1) is 22.7 Å². The van der Waals surface area contributed by atoms with Gasteiger partial charge < -0.3 is 18.9 Å². The smallest absolute Gasteiger partial charge is 0.119 e. The zero-order valence-electron chi connectivity index (χ0n) is 81.8. The lowest BCUT2D eigenvalue weighted by molar-refractivity contribution is 0.304. The second kappa shape index (κ2) is 64.8. The lowest BCUT2D eigenvalue weighted by Crippen LogP contribution is -1.97. The third kappa shape index (κ3) is 43.8. The molecular formula is C128H154N2O4. The molecule has 10 aromatic carbocycles. The summed E-state index contributed by atoms with van der Waals surface area (Å²) in [5, 5.41) is 19.2. The molecular weight excluding hydrogens is 1630 g/mol. The Hall–Kier alpha value is -12.0. The van der Waals surface area contributed by atoms with E-state index in [4.69, 9.17) is 18.9 Å². The summed E-state index contributed by atoms with van der Waals surface area (Å²) in [5.74, 6) is 3.64. The van der Waals surface area contributed by atoms with Gasteiger partial charge in [0.2, 0.25) is 0 Å². The molecule has 0 saturated carbocycles. The number of nitriles is 2. The summed E-state index contributed by atoms with van der Waals surface area (Å²) < 4.78 is 25.1. The molecule has 134 heavy (non-hydrogen) atoms. The Morgan fingerprint density at radius 2 is 0.276 bits per heavy atom. The van der Waals surface area contributed by atoms with Crippen molar-refractivity contribution < 1.29 is 18.9 Å². The zero-order valence-corrected chi connectivity index (χ0v) is 81.8. The van der Waals surface area contributed by atoms with Crippen molar-refractivity contribution in [3.63, 3.8) is 0 Å². The molecule has 0 amide bonds. The molecule has 0 N–H and O–H groups in total. The fourth-order valence-electron chi connectivity index (χ4n) is 16.9. The molecule has 0 saturated heterocycles. The van der Waals surface area contributed by atoms with E-state index in [9.17, 15) is 10.5 Å². The first-order valence-corrected chi connectivity index (χ1v) is 51.8. The lowest BCUT2D eigenvalue weighted by Gasteiger charge is -2.07. The van der Waals surface area contributed by atoms with Gasteiger partial charge in [-0.3, -0.25) is 0 Å². The Bertz CT molecular complexity index is 4810. The summed E-state index contributed by atoms with van der Waals surface area (Å²) in [6.07, 6.45) is 91.6. The van der Waals surface area contributed by atoms with E-state index >= 15 is 0 Å². The standard InChI is InChI=1S/C128H154N2O4/c1-5-9-13-17-21-25-29-33-37-41-87-131-125-79-71-107(72-80-125)51-61-115-92-116(62-52-108-73-81-126(82-74-108)132-88-42-38-34-30-26-22-18-14-10-6-2)97-120(96-115)66-69-123-100-122(68-65-119-94-113(59-49-105-45-55-111(103-129)56-46-105)91-114(95-119)60-50-106-47-57-112(104-130)58-48-106)101-124(102-123)70-67-121-98-117(63-53-109-75-83-127(84-76-109)133-89-43-39-35-31-27-23-19-15-11-7-3)93-118(99-121)64-54-110-77-85-128(86-78-110)134-90-44-40-36-32-28-24-20-16-12-8-4/h45-86,91-102H,5-44,87-90H2,1-4H3/b59-49+,60-50+,61-51+,62-52+,63-53+,64-54+,68-65+,69-66+,70-67+. The van der Waals surface area contributed by atoms with Gasteiger partial charge in [-0.2, -0.15) is 10.5 Å². The number of ether oxygens (including phenoxy) is 4. The zero-order chi connectivity index (χ0) is 93.4. The monoisotopic (exact) mass is 1780 g/mol. The maximum absolute atomic E-state index is 9.58. The van der Waals surface area contributed by atoms with Crippen molar-refractivity contribution in [3.8, 4) is 35.1 Å². The summed E-state index contributed by atoms with van der Waals surface area (Å²) in [4.78, 5) is 0. The molecule has 0 fully saturated rings. The third-order valence-corrected chi connectivity index (χ3v) is 24.9. The molecule has 10 rings (SSSR count). The molecule has 6 heteroatoms. The lowest BCUT2D eigenvalue weighted by atomic mass is 9.99. The molecule has 0 unspecified atom stereocenters. The fourth-order valence-corrected chi connectivity index (χ4v) is 16.9. The maximum atomic E-state index is 9.58. The second-order valence-electron chi connectivity index (χ2n) is 36.6. The second-order valence-corrected chi connectivity index (χ2v) is 36.6. The molecule has 0 atom stereocenters. The van der Waals surface area contributed by atoms with Gasteiger partial charge in [0.05, 0.1) is 49.7 Å². The minimum atomic E-state index is 0.625. The Kier molecular flexibility index (Phi) is 50.4. The number of hydrogen-bond acceptors (Lipinski definition) is 6. The van der Waals surface area contributed by atoms with Crippen molar-refractivity contribution in [3.05, 3.63) is 330 Å². The van der Waals surface area contributed by atoms with Crippen molar-refractivity contribution in [1.29, 1.82) is 10.5 Å². The van der Waals surface area contributed by atoms with Crippen molar-refractivity contribution in [2.24, 2.45) is 0 Å². The summed E-state index contributed by atoms with van der Waals surface area (Å²) >= 11 is 0. The van der Waals surface area contributed by atoms with E-state index in [1.54, 1.807) is 0 Å². The van der Waals surface area contributed by atoms with Crippen LogP contribution in [0.15, 0.2) is 218 Å². The van der Waals surface area contributed by atoms with E-state index in [0.29, 0.717) is 11.1 Å². The largest absolute Gasteiger partial charge is 0.494 e. The number of rotatable bonds is 66. The van der Waals surface area contributed by atoms with Gasteiger partial charge in [0.15, 0.2) is 0 Å². The molecule has 0 bridgehead atoms. The van der Waals surface area contributed by atoms with E-state index in [2.05, 4.69) is 319 Å². The molecule has 6 nitrogen and oxygen atoms in total. The molecule has 10 aromatic rings. The first kappa shape index (κ1) is 104. The molecule has 0 heterocycles. The van der Waals surface area contributed by atoms with Crippen molar-refractivity contribution in [1.82, 2.24) is 0 Å². The molecule has 0 aliphatic carbocycles. The Morgan fingerprint density at radius 3 is 0.410 bits per heavy atom. The fraction of sp³-hybridized carbons (Fsp3) is 0.375. The first-order valence-electron chi connectivity index (χ1n) is 51.8. The van der Waals surface area contributed by atoms with E-state index in [1.165, 1.54) is 231 Å². The van der Waals surface area contributed by atoms with Crippen LogP contribution in [0.1, 0.15) is 396 Å². The van der Waals surface area contributed by atoms with Gasteiger partial charge in [0.1, 0.15) is 23.0 Å². The number of hydrogen-bond donors (Lipinski definition) is 0. The van der Waals surface area contributed by atoms with Gasteiger partial charge in [-0.15, -0.1) is 0 Å². The van der Waals surface area contributed by atoms with E-state index in [0.717, 1.165) is 175 Å². The topological polar surface area (TPSA) is 84.5 Å². The Morgan fingerprint density at radius 1 is 0.157 bits per heavy atom. The van der Waals surface area contributed by atoms with Gasteiger partial charge in [-0.05, 0) is 271 Å². The normalized spacial score (nSPS) is 11.9. The highest BCUT2D eigenvalue weighted by Gasteiger charge is 2.09. The summed E-state index contributed by atoms with van der Waals surface area (Å²) in [5.41, 5.74) is 20.4.